The quantitative estimate of drug-likeness (QED) is 0.791. The van der Waals surface area contributed by atoms with E-state index in [1.807, 2.05) is 38.2 Å². The Morgan fingerprint density at radius 1 is 1.26 bits per heavy atom. The summed E-state index contributed by atoms with van der Waals surface area (Å²) >= 11 is 1.65. The van der Waals surface area contributed by atoms with E-state index in [-0.39, 0.29) is 0 Å². The Bertz CT molecular complexity index is 513. The first-order valence-electron chi connectivity index (χ1n) is 6.54. The van der Waals surface area contributed by atoms with Crippen molar-refractivity contribution in [2.75, 3.05) is 20.2 Å². The minimum atomic E-state index is 0.658. The van der Waals surface area contributed by atoms with E-state index >= 15 is 0 Å². The number of nitrogens with zero attached hydrogens (tertiary/aromatic N) is 2. The summed E-state index contributed by atoms with van der Waals surface area (Å²) in [6, 6.07) is 7.98. The Balaban J connectivity index is 2.13. The first kappa shape index (κ1) is 14.0. The van der Waals surface area contributed by atoms with E-state index in [1.165, 1.54) is 0 Å². The second-order valence-electron chi connectivity index (χ2n) is 4.14. The normalized spacial score (nSPS) is 10.6. The van der Waals surface area contributed by atoms with Crippen molar-refractivity contribution in [3.63, 3.8) is 0 Å². The number of nitrogens with one attached hydrogen (secondary N) is 1. The van der Waals surface area contributed by atoms with Crippen LogP contribution in [0.15, 0.2) is 24.3 Å². The van der Waals surface area contributed by atoms with Gasteiger partial charge in [-0.25, -0.2) is 0 Å². The summed E-state index contributed by atoms with van der Waals surface area (Å²) in [5.41, 5.74) is 1.03. The van der Waals surface area contributed by atoms with E-state index in [2.05, 4.69) is 15.5 Å². The lowest BCUT2D eigenvalue weighted by Gasteiger charge is -2.06. The van der Waals surface area contributed by atoms with Crippen molar-refractivity contribution in [1.29, 1.82) is 0 Å². The summed E-state index contributed by atoms with van der Waals surface area (Å²) in [6.45, 7) is 3.65. The zero-order valence-electron chi connectivity index (χ0n) is 11.3. The van der Waals surface area contributed by atoms with Crippen molar-refractivity contribution in [2.24, 2.45) is 0 Å². The molecule has 102 valence electrons. The van der Waals surface area contributed by atoms with Crippen LogP contribution in [0.25, 0.3) is 10.6 Å². The molecule has 2 rings (SSSR count). The van der Waals surface area contributed by atoms with Crippen LogP contribution in [0.4, 0.5) is 0 Å². The van der Waals surface area contributed by atoms with Crippen LogP contribution < -0.4 is 10.1 Å². The lowest BCUT2D eigenvalue weighted by atomic mass is 10.2. The fraction of sp³-hybridized carbons (Fsp3) is 0.429. The van der Waals surface area contributed by atoms with Crippen molar-refractivity contribution in [2.45, 2.75) is 19.8 Å². The molecule has 1 aromatic heterocycles. The van der Waals surface area contributed by atoms with E-state index in [0.717, 1.165) is 40.7 Å². The minimum Gasteiger partial charge on any atom is -0.493 e. The van der Waals surface area contributed by atoms with E-state index in [0.29, 0.717) is 6.61 Å². The lowest BCUT2D eigenvalue weighted by molar-refractivity contribution is 0.341. The summed E-state index contributed by atoms with van der Waals surface area (Å²) < 4.78 is 5.63. The number of benzene rings is 1. The summed E-state index contributed by atoms with van der Waals surface area (Å²) in [7, 11) is 1.96. The monoisotopic (exact) mass is 277 g/mol. The summed E-state index contributed by atoms with van der Waals surface area (Å²) in [4.78, 5) is 0. The van der Waals surface area contributed by atoms with Gasteiger partial charge in [0.1, 0.15) is 10.8 Å². The molecule has 0 bridgehead atoms. The zero-order valence-corrected chi connectivity index (χ0v) is 12.2. The van der Waals surface area contributed by atoms with Crippen LogP contribution in [0.5, 0.6) is 5.75 Å². The van der Waals surface area contributed by atoms with Crippen LogP contribution >= 0.6 is 11.3 Å². The molecule has 5 heteroatoms. The van der Waals surface area contributed by atoms with Gasteiger partial charge in [0.2, 0.25) is 0 Å². The Morgan fingerprint density at radius 3 is 2.89 bits per heavy atom. The van der Waals surface area contributed by atoms with E-state index in [9.17, 15) is 0 Å². The number of para-hydroxylation sites is 1. The van der Waals surface area contributed by atoms with Gasteiger partial charge in [-0.2, -0.15) is 0 Å². The first-order chi connectivity index (χ1) is 9.35. The van der Waals surface area contributed by atoms with Gasteiger partial charge in [-0.15, -0.1) is 10.2 Å². The van der Waals surface area contributed by atoms with Crippen LogP contribution in [-0.4, -0.2) is 30.4 Å². The van der Waals surface area contributed by atoms with Crippen LogP contribution in [0.3, 0.4) is 0 Å². The van der Waals surface area contributed by atoms with Gasteiger partial charge < -0.3 is 10.1 Å². The molecule has 1 N–H and O–H groups in total. The molecule has 0 fully saturated rings. The molecule has 0 saturated heterocycles. The fourth-order valence-electron chi connectivity index (χ4n) is 1.80. The maximum atomic E-state index is 5.63. The predicted molar refractivity (Wildman–Crippen MR) is 78.8 cm³/mol. The molecule has 19 heavy (non-hydrogen) atoms. The van der Waals surface area contributed by atoms with Gasteiger partial charge in [0, 0.05) is 6.42 Å². The summed E-state index contributed by atoms with van der Waals surface area (Å²) in [5.74, 6) is 0.878. The van der Waals surface area contributed by atoms with E-state index in [1.54, 1.807) is 11.3 Å². The third-order valence-electron chi connectivity index (χ3n) is 2.70. The first-order valence-corrected chi connectivity index (χ1v) is 7.36. The highest BCUT2D eigenvalue weighted by atomic mass is 32.1. The van der Waals surface area contributed by atoms with Crippen molar-refractivity contribution in [3.8, 4) is 16.3 Å². The van der Waals surface area contributed by atoms with E-state index in [4.69, 9.17) is 4.74 Å². The predicted octanol–water partition coefficient (Wildman–Crippen LogP) is 2.76. The molecular formula is C14H19N3OS. The molecule has 4 nitrogen and oxygen atoms in total. The van der Waals surface area contributed by atoms with Crippen molar-refractivity contribution in [1.82, 2.24) is 15.5 Å². The number of ether oxygens (including phenoxy) is 1. The molecular weight excluding hydrogens is 258 g/mol. The number of rotatable bonds is 7. The average molecular weight is 277 g/mol. The highest BCUT2D eigenvalue weighted by Crippen LogP contribution is 2.32. The SMILES string of the molecule is CCOc1ccccc1-c1nnc(CCCNC)s1. The van der Waals surface area contributed by atoms with Crippen molar-refractivity contribution >= 4 is 11.3 Å². The molecule has 0 aliphatic carbocycles. The highest BCUT2D eigenvalue weighted by molar-refractivity contribution is 7.14. The van der Waals surface area contributed by atoms with Gasteiger partial charge in [0.15, 0.2) is 5.01 Å². The van der Waals surface area contributed by atoms with Gasteiger partial charge >= 0.3 is 0 Å². The molecule has 1 aromatic carbocycles. The fourth-order valence-corrected chi connectivity index (χ4v) is 2.72. The van der Waals surface area contributed by atoms with Crippen molar-refractivity contribution in [3.05, 3.63) is 29.3 Å². The number of hydrogen-bond donors (Lipinski definition) is 1. The van der Waals surface area contributed by atoms with Gasteiger partial charge in [0.25, 0.3) is 0 Å². The molecule has 2 aromatic rings. The lowest BCUT2D eigenvalue weighted by Crippen LogP contribution is -2.08. The number of hydrogen-bond acceptors (Lipinski definition) is 5. The van der Waals surface area contributed by atoms with Gasteiger partial charge in [-0.05, 0) is 39.1 Å². The second-order valence-corrected chi connectivity index (χ2v) is 5.20. The van der Waals surface area contributed by atoms with Crippen LogP contribution in [0.1, 0.15) is 18.4 Å². The summed E-state index contributed by atoms with van der Waals surface area (Å²) in [6.07, 6.45) is 2.05. The Labute approximate surface area is 117 Å². The Kier molecular flexibility index (Phi) is 5.30. The standard InChI is InChI=1S/C14H19N3OS/c1-3-18-12-8-5-4-7-11(12)14-17-16-13(19-14)9-6-10-15-2/h4-5,7-8,15H,3,6,9-10H2,1-2H3. The number of aromatic nitrogens is 2. The molecule has 0 atom stereocenters. The smallest absolute Gasteiger partial charge is 0.151 e. The topological polar surface area (TPSA) is 47.0 Å². The number of aryl methyl sites for hydroxylation is 1. The van der Waals surface area contributed by atoms with Crippen molar-refractivity contribution < 1.29 is 4.74 Å². The third-order valence-corrected chi connectivity index (χ3v) is 3.72. The molecule has 0 aliphatic rings. The van der Waals surface area contributed by atoms with Gasteiger partial charge in [-0.1, -0.05) is 23.5 Å². The largest absolute Gasteiger partial charge is 0.493 e. The molecule has 0 spiro atoms. The molecule has 0 aliphatic heterocycles. The third kappa shape index (κ3) is 3.75. The van der Waals surface area contributed by atoms with Gasteiger partial charge in [-0.3, -0.25) is 0 Å². The molecule has 1 heterocycles. The molecule has 0 unspecified atom stereocenters. The summed E-state index contributed by atoms with van der Waals surface area (Å²) in [5, 5.41) is 13.7. The molecule has 0 saturated carbocycles. The Morgan fingerprint density at radius 2 is 2.11 bits per heavy atom. The highest BCUT2D eigenvalue weighted by Gasteiger charge is 2.11. The minimum absolute atomic E-state index is 0.658. The molecule has 0 amide bonds. The zero-order chi connectivity index (χ0) is 13.5. The van der Waals surface area contributed by atoms with Crippen LogP contribution in [0, 0.1) is 0 Å². The van der Waals surface area contributed by atoms with Crippen LogP contribution in [0.2, 0.25) is 0 Å². The maximum absolute atomic E-state index is 5.63. The van der Waals surface area contributed by atoms with Gasteiger partial charge in [0.05, 0.1) is 12.2 Å². The van der Waals surface area contributed by atoms with E-state index < -0.39 is 0 Å². The Hall–Kier alpha value is -1.46. The van der Waals surface area contributed by atoms with Crippen LogP contribution in [-0.2, 0) is 6.42 Å². The maximum Gasteiger partial charge on any atom is 0.151 e. The molecule has 0 radical (unpaired) electrons. The second kappa shape index (κ2) is 7.21. The average Bonchev–Trinajstić information content (AvgIpc) is 2.89.